The van der Waals surface area contributed by atoms with Crippen LogP contribution in [0.4, 0.5) is 9.59 Å². The monoisotopic (exact) mass is 360 g/mol. The average molecular weight is 360 g/mol. The molecule has 1 aliphatic rings. The fourth-order valence-electron chi connectivity index (χ4n) is 1.86. The topological polar surface area (TPSA) is 143 Å². The van der Waals surface area contributed by atoms with Crippen molar-refractivity contribution in [3.05, 3.63) is 0 Å². The first kappa shape index (κ1) is 20.5. The first-order chi connectivity index (χ1) is 11.3. The molecule has 0 radical (unpaired) electrons. The predicted octanol–water partition coefficient (Wildman–Crippen LogP) is 1.16. The summed E-state index contributed by atoms with van der Waals surface area (Å²) < 4.78 is 20.0. The first-order valence-corrected chi connectivity index (χ1v) is 7.75. The van der Waals surface area contributed by atoms with Crippen LogP contribution < -0.4 is 11.1 Å². The molecule has 0 aromatic carbocycles. The van der Waals surface area contributed by atoms with Crippen LogP contribution in [0, 0.1) is 5.92 Å². The van der Waals surface area contributed by atoms with Crippen LogP contribution >= 0.6 is 0 Å². The number of carbonyl (C=O) groups is 4. The maximum Gasteiger partial charge on any atom is 0.514 e. The summed E-state index contributed by atoms with van der Waals surface area (Å²) in [5.74, 6) is -2.21. The number of cyclic esters (lactones) is 3. The molecule has 1 saturated heterocycles. The smallest absolute Gasteiger partial charge is 0.444 e. The molecule has 1 heterocycles. The van der Waals surface area contributed by atoms with Gasteiger partial charge in [-0.3, -0.25) is 10.1 Å². The molecule has 10 nitrogen and oxygen atoms in total. The van der Waals surface area contributed by atoms with Crippen molar-refractivity contribution in [1.82, 2.24) is 5.32 Å². The van der Waals surface area contributed by atoms with E-state index in [1.807, 2.05) is 0 Å². The normalized spacial score (nSPS) is 23.8. The Balaban J connectivity index is 3.11. The zero-order valence-electron chi connectivity index (χ0n) is 14.9. The Morgan fingerprint density at radius 3 is 2.36 bits per heavy atom. The van der Waals surface area contributed by atoms with Crippen molar-refractivity contribution in [1.29, 1.82) is 0 Å². The van der Waals surface area contributed by atoms with Crippen LogP contribution in [0.5, 0.6) is 0 Å². The van der Waals surface area contributed by atoms with E-state index in [2.05, 4.69) is 5.32 Å². The zero-order chi connectivity index (χ0) is 19.4. The summed E-state index contributed by atoms with van der Waals surface area (Å²) in [5.41, 5.74) is 1.94. The van der Waals surface area contributed by atoms with Gasteiger partial charge in [0.15, 0.2) is 0 Å². The predicted molar refractivity (Wildman–Crippen MR) is 82.8 cm³/mol. The summed E-state index contributed by atoms with van der Waals surface area (Å²) in [6.07, 6.45) is -4.25. The van der Waals surface area contributed by atoms with Crippen LogP contribution in [-0.2, 0) is 28.5 Å². The number of esters is 1. The minimum Gasteiger partial charge on any atom is -0.444 e. The third-order valence-corrected chi connectivity index (χ3v) is 2.99. The highest BCUT2D eigenvalue weighted by Gasteiger charge is 2.51. The van der Waals surface area contributed by atoms with Crippen LogP contribution in [0.3, 0.4) is 0 Å². The fraction of sp³-hybridized carbons (Fsp3) is 0.733. The van der Waals surface area contributed by atoms with E-state index < -0.39 is 48.2 Å². The van der Waals surface area contributed by atoms with Crippen molar-refractivity contribution in [2.24, 2.45) is 11.7 Å². The van der Waals surface area contributed by atoms with Gasteiger partial charge in [0, 0.05) is 18.8 Å². The van der Waals surface area contributed by atoms with Gasteiger partial charge in [-0.1, -0.05) is 13.8 Å². The SMILES string of the molecule is CC(C)C1OC(=O)O[C@@](CCC(N)=O)(NC(=O)OC(C)(C)C)C(=O)O1. The second kappa shape index (κ2) is 7.58. The highest BCUT2D eigenvalue weighted by atomic mass is 16.8. The lowest BCUT2D eigenvalue weighted by Crippen LogP contribution is -2.58. The number of carbonyl (C=O) groups excluding carboxylic acids is 4. The number of nitrogens with one attached hydrogen (secondary N) is 1. The molecule has 1 unspecified atom stereocenters. The van der Waals surface area contributed by atoms with Gasteiger partial charge in [-0.2, -0.15) is 0 Å². The molecular formula is C15H24N2O8. The number of hydrogen-bond donors (Lipinski definition) is 2. The van der Waals surface area contributed by atoms with E-state index in [1.165, 1.54) is 0 Å². The number of amides is 2. The van der Waals surface area contributed by atoms with E-state index in [1.54, 1.807) is 34.6 Å². The second-order valence-electron chi connectivity index (χ2n) is 6.91. The number of primary amides is 1. The lowest BCUT2D eigenvalue weighted by Gasteiger charge is -2.30. The summed E-state index contributed by atoms with van der Waals surface area (Å²) in [6.45, 7) is 8.14. The minimum absolute atomic E-state index is 0.357. The lowest BCUT2D eigenvalue weighted by atomic mass is 10.1. The molecule has 3 N–H and O–H groups in total. The van der Waals surface area contributed by atoms with Gasteiger partial charge in [-0.25, -0.2) is 14.4 Å². The van der Waals surface area contributed by atoms with Gasteiger partial charge in [0.05, 0.1) is 0 Å². The van der Waals surface area contributed by atoms with Crippen molar-refractivity contribution in [2.45, 2.75) is 65.1 Å². The number of ether oxygens (including phenoxy) is 4. The van der Waals surface area contributed by atoms with Crippen molar-refractivity contribution >= 4 is 24.1 Å². The molecule has 1 rings (SSSR count). The highest BCUT2D eigenvalue weighted by molar-refractivity contribution is 5.88. The van der Waals surface area contributed by atoms with Crippen LogP contribution in [0.2, 0.25) is 0 Å². The summed E-state index contributed by atoms with van der Waals surface area (Å²) in [6, 6.07) is 0. The van der Waals surface area contributed by atoms with Crippen LogP contribution in [0.15, 0.2) is 0 Å². The third kappa shape index (κ3) is 6.12. The molecule has 0 spiro atoms. The second-order valence-corrected chi connectivity index (χ2v) is 6.91. The summed E-state index contributed by atoms with van der Waals surface area (Å²) in [4.78, 5) is 47.6. The van der Waals surface area contributed by atoms with Crippen molar-refractivity contribution in [2.75, 3.05) is 0 Å². The van der Waals surface area contributed by atoms with Crippen LogP contribution in [0.1, 0.15) is 47.5 Å². The summed E-state index contributed by atoms with van der Waals surface area (Å²) >= 11 is 0. The van der Waals surface area contributed by atoms with Crippen LogP contribution in [0.25, 0.3) is 0 Å². The van der Waals surface area contributed by atoms with Gasteiger partial charge in [0.25, 0.3) is 12.0 Å². The Morgan fingerprint density at radius 1 is 1.28 bits per heavy atom. The van der Waals surface area contributed by atoms with Crippen molar-refractivity contribution < 1.29 is 38.1 Å². The van der Waals surface area contributed by atoms with E-state index >= 15 is 0 Å². The lowest BCUT2D eigenvalue weighted by molar-refractivity contribution is -0.181. The van der Waals surface area contributed by atoms with E-state index in [4.69, 9.17) is 24.7 Å². The van der Waals surface area contributed by atoms with Crippen molar-refractivity contribution in [3.8, 4) is 0 Å². The molecule has 0 aromatic heterocycles. The first-order valence-electron chi connectivity index (χ1n) is 7.75. The quantitative estimate of drug-likeness (QED) is 0.549. The number of hydrogen-bond acceptors (Lipinski definition) is 8. The largest absolute Gasteiger partial charge is 0.514 e. The van der Waals surface area contributed by atoms with Gasteiger partial charge in [0.1, 0.15) is 5.60 Å². The molecule has 0 aliphatic carbocycles. The molecule has 10 heteroatoms. The maximum absolute atomic E-state index is 12.5. The van der Waals surface area contributed by atoms with E-state index in [9.17, 15) is 19.2 Å². The fourth-order valence-corrected chi connectivity index (χ4v) is 1.86. The standard InChI is InChI=1S/C15H24N2O8/c1-8(2)10-22-11(19)15(7-6-9(16)18,25-13(21)23-10)17-12(20)24-14(3,4)5/h8,10H,6-7H2,1-5H3,(H2,16,18)(H,17,20)/t10?,15-/m1/s1. The van der Waals surface area contributed by atoms with E-state index in [0.717, 1.165) is 0 Å². The van der Waals surface area contributed by atoms with Crippen LogP contribution in [-0.4, -0.2) is 41.7 Å². The Labute approximate surface area is 145 Å². The Kier molecular flexibility index (Phi) is 6.22. The minimum atomic E-state index is -2.28. The highest BCUT2D eigenvalue weighted by Crippen LogP contribution is 2.26. The third-order valence-electron chi connectivity index (χ3n) is 2.99. The summed E-state index contributed by atoms with van der Waals surface area (Å²) in [5, 5.41) is 2.16. The molecule has 2 amide bonds. The van der Waals surface area contributed by atoms with E-state index in [0.29, 0.717) is 0 Å². The molecule has 1 fully saturated rings. The van der Waals surface area contributed by atoms with Crippen molar-refractivity contribution in [3.63, 3.8) is 0 Å². The Hall–Kier alpha value is -2.52. The molecule has 25 heavy (non-hydrogen) atoms. The van der Waals surface area contributed by atoms with Gasteiger partial charge in [0.2, 0.25) is 5.91 Å². The van der Waals surface area contributed by atoms with Gasteiger partial charge in [-0.15, -0.1) is 0 Å². The van der Waals surface area contributed by atoms with Gasteiger partial charge in [-0.05, 0) is 20.8 Å². The molecule has 1 aliphatic heterocycles. The number of nitrogens with two attached hydrogens (primary N) is 1. The van der Waals surface area contributed by atoms with Gasteiger partial charge >= 0.3 is 18.2 Å². The molecule has 0 saturated carbocycles. The van der Waals surface area contributed by atoms with Gasteiger partial charge < -0.3 is 24.7 Å². The number of alkyl carbamates (subject to hydrolysis) is 1. The average Bonchev–Trinajstić information content (AvgIpc) is 2.52. The maximum atomic E-state index is 12.5. The Morgan fingerprint density at radius 2 is 1.88 bits per heavy atom. The Bertz CT molecular complexity index is 554. The molecule has 0 bridgehead atoms. The van der Waals surface area contributed by atoms with E-state index in [-0.39, 0.29) is 12.3 Å². The molecule has 142 valence electrons. The molecule has 2 atom stereocenters. The summed E-state index contributed by atoms with van der Waals surface area (Å²) in [7, 11) is 0. The molecule has 0 aromatic rings. The number of rotatable bonds is 5. The zero-order valence-corrected chi connectivity index (χ0v) is 14.9. The molecular weight excluding hydrogens is 336 g/mol.